The first-order valence-corrected chi connectivity index (χ1v) is 9.93. The Hall–Kier alpha value is -1.65. The number of fused-ring (bicyclic) bond motifs is 1. The summed E-state index contributed by atoms with van der Waals surface area (Å²) >= 11 is 5.50. The third-order valence-corrected chi connectivity index (χ3v) is 5.61. The SMILES string of the molecule is CNS(=O)OCC(=O)Nc1nc2c(s1)C(c1ccc(F)c(Cl)c1)=CCC2. The molecule has 0 fully saturated rings. The first-order chi connectivity index (χ1) is 12.5. The van der Waals surface area contributed by atoms with Gasteiger partial charge < -0.3 is 0 Å². The summed E-state index contributed by atoms with van der Waals surface area (Å²) in [6, 6.07) is 4.58. The number of rotatable bonds is 6. The molecule has 6 nitrogen and oxygen atoms in total. The van der Waals surface area contributed by atoms with Crippen molar-refractivity contribution < 1.29 is 17.6 Å². The minimum atomic E-state index is -1.71. The van der Waals surface area contributed by atoms with Gasteiger partial charge in [-0.25, -0.2) is 18.3 Å². The number of carbonyl (C=O) groups is 1. The fourth-order valence-corrected chi connectivity index (χ4v) is 4.07. The van der Waals surface area contributed by atoms with Crippen molar-refractivity contribution in [3.8, 4) is 0 Å². The molecule has 10 heteroatoms. The number of allylic oxidation sites excluding steroid dienone is 1. The number of halogens is 2. The molecule has 26 heavy (non-hydrogen) atoms. The van der Waals surface area contributed by atoms with Gasteiger partial charge in [0.05, 0.1) is 15.6 Å². The molecule has 1 aliphatic rings. The van der Waals surface area contributed by atoms with Gasteiger partial charge in [-0.1, -0.05) is 35.1 Å². The molecule has 1 unspecified atom stereocenters. The Kier molecular flexibility index (Phi) is 6.15. The van der Waals surface area contributed by atoms with Gasteiger partial charge >= 0.3 is 0 Å². The lowest BCUT2D eigenvalue weighted by Crippen LogP contribution is -2.22. The van der Waals surface area contributed by atoms with Crippen LogP contribution < -0.4 is 10.0 Å². The van der Waals surface area contributed by atoms with Crippen molar-refractivity contribution in [3.05, 3.63) is 51.2 Å². The van der Waals surface area contributed by atoms with E-state index in [4.69, 9.17) is 15.8 Å². The van der Waals surface area contributed by atoms with E-state index in [2.05, 4.69) is 21.1 Å². The zero-order valence-corrected chi connectivity index (χ0v) is 16.1. The van der Waals surface area contributed by atoms with E-state index in [0.29, 0.717) is 5.13 Å². The number of nitrogens with zero attached hydrogens (tertiary/aromatic N) is 1. The van der Waals surface area contributed by atoms with Crippen LogP contribution in [0.15, 0.2) is 24.3 Å². The van der Waals surface area contributed by atoms with E-state index >= 15 is 0 Å². The molecule has 1 atom stereocenters. The molecular weight excluding hydrogens is 401 g/mol. The van der Waals surface area contributed by atoms with Crippen LogP contribution >= 0.6 is 22.9 Å². The van der Waals surface area contributed by atoms with Crippen molar-refractivity contribution in [2.75, 3.05) is 19.0 Å². The van der Waals surface area contributed by atoms with E-state index in [1.807, 2.05) is 0 Å². The van der Waals surface area contributed by atoms with Crippen molar-refractivity contribution >= 4 is 50.8 Å². The molecule has 1 aromatic heterocycles. The van der Waals surface area contributed by atoms with Crippen LogP contribution in [-0.4, -0.2) is 28.8 Å². The highest BCUT2D eigenvalue weighted by Gasteiger charge is 2.21. The maximum Gasteiger partial charge on any atom is 0.253 e. The van der Waals surface area contributed by atoms with Gasteiger partial charge in [-0.2, -0.15) is 0 Å². The Balaban J connectivity index is 1.77. The van der Waals surface area contributed by atoms with E-state index in [9.17, 15) is 13.4 Å². The average Bonchev–Trinajstić information content (AvgIpc) is 3.04. The second-order valence-electron chi connectivity index (χ2n) is 5.33. The summed E-state index contributed by atoms with van der Waals surface area (Å²) < 4.78 is 31.7. The van der Waals surface area contributed by atoms with E-state index in [1.54, 1.807) is 12.1 Å². The minimum absolute atomic E-state index is 0.0586. The summed E-state index contributed by atoms with van der Waals surface area (Å²) in [6.07, 6.45) is 3.59. The van der Waals surface area contributed by atoms with Crippen molar-refractivity contribution in [2.24, 2.45) is 0 Å². The molecule has 0 bridgehead atoms. The quantitative estimate of drug-likeness (QED) is 0.759. The highest BCUT2D eigenvalue weighted by atomic mass is 35.5. The molecule has 1 amide bonds. The Bertz CT molecular complexity index is 901. The molecular formula is C16H15ClFN3O3S2. The molecule has 1 heterocycles. The first-order valence-electron chi connectivity index (χ1n) is 7.66. The van der Waals surface area contributed by atoms with Gasteiger partial charge in [-0.05, 0) is 43.2 Å². The maximum atomic E-state index is 13.4. The summed E-state index contributed by atoms with van der Waals surface area (Å²) in [5.41, 5.74) is 2.58. The molecule has 0 spiro atoms. The third kappa shape index (κ3) is 4.36. The summed E-state index contributed by atoms with van der Waals surface area (Å²) in [4.78, 5) is 17.2. The Labute approximate surface area is 161 Å². The number of aromatic nitrogens is 1. The molecule has 0 aliphatic heterocycles. The number of aryl methyl sites for hydroxylation is 1. The van der Waals surface area contributed by atoms with Gasteiger partial charge in [0.25, 0.3) is 5.91 Å². The molecule has 1 aliphatic carbocycles. The fourth-order valence-electron chi connectivity index (χ4n) is 2.46. The van der Waals surface area contributed by atoms with Crippen molar-refractivity contribution in [1.29, 1.82) is 0 Å². The molecule has 2 aromatic rings. The first kappa shape index (κ1) is 19.1. The van der Waals surface area contributed by atoms with Crippen LogP contribution in [0, 0.1) is 5.82 Å². The number of hydrogen-bond acceptors (Lipinski definition) is 5. The van der Waals surface area contributed by atoms with E-state index in [0.717, 1.165) is 34.5 Å². The van der Waals surface area contributed by atoms with Crippen LogP contribution in [0.25, 0.3) is 5.57 Å². The van der Waals surface area contributed by atoms with Crippen molar-refractivity contribution in [2.45, 2.75) is 12.8 Å². The second-order valence-corrected chi connectivity index (χ2v) is 7.85. The van der Waals surface area contributed by atoms with E-state index < -0.39 is 23.0 Å². The predicted octanol–water partition coefficient (Wildman–Crippen LogP) is 3.07. The molecule has 1 aromatic carbocycles. The monoisotopic (exact) mass is 415 g/mol. The number of thiazole rings is 1. The third-order valence-electron chi connectivity index (χ3n) is 3.61. The van der Waals surface area contributed by atoms with Crippen LogP contribution in [0.5, 0.6) is 0 Å². The van der Waals surface area contributed by atoms with Gasteiger partial charge in [-0.3, -0.25) is 14.3 Å². The van der Waals surface area contributed by atoms with Gasteiger partial charge in [0.2, 0.25) is 11.3 Å². The molecule has 3 rings (SSSR count). The number of nitrogens with one attached hydrogen (secondary N) is 2. The number of hydrogen-bond donors (Lipinski definition) is 2. The maximum absolute atomic E-state index is 13.4. The van der Waals surface area contributed by atoms with Gasteiger partial charge in [0.15, 0.2) is 5.13 Å². The van der Waals surface area contributed by atoms with Gasteiger partial charge in [0, 0.05) is 0 Å². The summed E-state index contributed by atoms with van der Waals surface area (Å²) in [5.74, 6) is -0.918. The zero-order chi connectivity index (χ0) is 18.7. The van der Waals surface area contributed by atoms with Crippen LogP contribution in [0.1, 0.15) is 22.6 Å². The summed E-state index contributed by atoms with van der Waals surface area (Å²) in [7, 11) is 1.46. The summed E-state index contributed by atoms with van der Waals surface area (Å²) in [6.45, 7) is -0.353. The van der Waals surface area contributed by atoms with Crippen molar-refractivity contribution in [1.82, 2.24) is 9.71 Å². The van der Waals surface area contributed by atoms with E-state index in [1.165, 1.54) is 24.5 Å². The molecule has 138 valence electrons. The number of amides is 1. The van der Waals surface area contributed by atoms with Crippen LogP contribution in [0.4, 0.5) is 9.52 Å². The predicted molar refractivity (Wildman–Crippen MR) is 101 cm³/mol. The molecule has 0 saturated heterocycles. The van der Waals surface area contributed by atoms with E-state index in [-0.39, 0.29) is 11.6 Å². The molecule has 0 saturated carbocycles. The standard InChI is InChI=1S/C16H15ClFN3O3S2/c1-19-26(23)24-8-14(22)21-16-20-13-4-2-3-10(15(13)25-16)9-5-6-12(18)11(17)7-9/h3,5-7,19H,2,4,8H2,1H3,(H,20,21,22). The highest BCUT2D eigenvalue weighted by Crippen LogP contribution is 2.38. The molecule has 0 radical (unpaired) electrons. The average molecular weight is 416 g/mol. The van der Waals surface area contributed by atoms with Gasteiger partial charge in [0.1, 0.15) is 12.4 Å². The number of carbonyl (C=O) groups excluding carboxylic acids is 1. The lowest BCUT2D eigenvalue weighted by atomic mass is 9.96. The van der Waals surface area contributed by atoms with Crippen LogP contribution in [0.3, 0.4) is 0 Å². The van der Waals surface area contributed by atoms with Crippen LogP contribution in [0.2, 0.25) is 5.02 Å². The molecule has 2 N–H and O–H groups in total. The largest absolute Gasteiger partial charge is 0.300 e. The Morgan fingerprint density at radius 3 is 3.04 bits per heavy atom. The number of anilines is 1. The lowest BCUT2D eigenvalue weighted by molar-refractivity contribution is -0.117. The smallest absolute Gasteiger partial charge is 0.253 e. The zero-order valence-electron chi connectivity index (χ0n) is 13.7. The fraction of sp³-hybridized carbons (Fsp3) is 0.250. The second kappa shape index (κ2) is 8.36. The van der Waals surface area contributed by atoms with Gasteiger partial charge in [-0.15, -0.1) is 0 Å². The highest BCUT2D eigenvalue weighted by molar-refractivity contribution is 7.78. The van der Waals surface area contributed by atoms with Crippen LogP contribution in [-0.2, 0) is 26.7 Å². The summed E-state index contributed by atoms with van der Waals surface area (Å²) in [5, 5.41) is 3.13. The normalized spacial score (nSPS) is 14.5. The minimum Gasteiger partial charge on any atom is -0.300 e. The Morgan fingerprint density at radius 2 is 2.31 bits per heavy atom. The van der Waals surface area contributed by atoms with Crippen molar-refractivity contribution in [3.63, 3.8) is 0 Å². The Morgan fingerprint density at radius 1 is 1.50 bits per heavy atom. The number of benzene rings is 1. The topological polar surface area (TPSA) is 80.3 Å². The lowest BCUT2D eigenvalue weighted by Gasteiger charge is -2.13.